The van der Waals surface area contributed by atoms with Crippen molar-refractivity contribution < 1.29 is 4.74 Å². The number of pyridine rings is 1. The molecule has 0 aliphatic heterocycles. The number of nitrogens with zero attached hydrogens (tertiary/aromatic N) is 5. The van der Waals surface area contributed by atoms with Gasteiger partial charge < -0.3 is 10.1 Å². The first-order chi connectivity index (χ1) is 17.1. The molecule has 9 heteroatoms. The van der Waals surface area contributed by atoms with Crippen LogP contribution in [0.1, 0.15) is 11.1 Å². The molecule has 0 saturated heterocycles. The Morgan fingerprint density at radius 2 is 1.86 bits per heavy atom. The summed E-state index contributed by atoms with van der Waals surface area (Å²) in [6.45, 7) is 0.655. The molecule has 5 rings (SSSR count). The van der Waals surface area contributed by atoms with Crippen molar-refractivity contribution in [3.8, 4) is 22.9 Å². The van der Waals surface area contributed by atoms with Gasteiger partial charge in [-0.1, -0.05) is 64.8 Å². The monoisotopic (exact) mass is 500 g/mol. The Bertz CT molecular complexity index is 1560. The lowest BCUT2D eigenvalue weighted by molar-refractivity contribution is 0.415. The largest absolute Gasteiger partial charge is 0.497 e. The van der Waals surface area contributed by atoms with Crippen LogP contribution in [0.15, 0.2) is 73.2 Å². The molecule has 0 aliphatic carbocycles. The van der Waals surface area contributed by atoms with E-state index < -0.39 is 0 Å². The van der Waals surface area contributed by atoms with Crippen LogP contribution in [0.2, 0.25) is 10.0 Å². The first-order valence-corrected chi connectivity index (χ1v) is 11.4. The minimum Gasteiger partial charge on any atom is -0.497 e. The molecule has 0 fully saturated rings. The van der Waals surface area contributed by atoms with E-state index in [1.54, 1.807) is 36.3 Å². The lowest BCUT2D eigenvalue weighted by Crippen LogP contribution is -2.00. The number of benzene rings is 3. The lowest BCUT2D eigenvalue weighted by Gasteiger charge is -2.15. The van der Waals surface area contributed by atoms with Crippen LogP contribution in [0.25, 0.3) is 22.0 Å². The van der Waals surface area contributed by atoms with Gasteiger partial charge in [0.15, 0.2) is 0 Å². The van der Waals surface area contributed by atoms with E-state index in [9.17, 15) is 5.26 Å². The van der Waals surface area contributed by atoms with Crippen LogP contribution < -0.4 is 10.1 Å². The number of hydrogen-bond donors (Lipinski definition) is 1. The summed E-state index contributed by atoms with van der Waals surface area (Å²) >= 11 is 12.7. The van der Waals surface area contributed by atoms with Crippen LogP contribution in [-0.2, 0) is 6.54 Å². The molecule has 0 aliphatic rings. The highest BCUT2D eigenvalue weighted by Crippen LogP contribution is 2.39. The molecule has 0 saturated carbocycles. The van der Waals surface area contributed by atoms with E-state index >= 15 is 0 Å². The SMILES string of the molecule is COc1cc(Cl)c(Cl)c(Nc2c(C#N)cnc3cc(-c4ccc(Cn5ccnn5)cc4)ccc23)c1. The fourth-order valence-electron chi connectivity index (χ4n) is 3.81. The Morgan fingerprint density at radius 1 is 1.06 bits per heavy atom. The molecule has 0 bridgehead atoms. The van der Waals surface area contributed by atoms with Crippen LogP contribution >= 0.6 is 23.2 Å². The van der Waals surface area contributed by atoms with Crippen molar-refractivity contribution in [1.82, 2.24) is 20.0 Å². The minimum atomic E-state index is 0.337. The first-order valence-electron chi connectivity index (χ1n) is 10.6. The summed E-state index contributed by atoms with van der Waals surface area (Å²) in [5, 5.41) is 22.3. The third kappa shape index (κ3) is 4.62. The number of nitriles is 1. The third-order valence-electron chi connectivity index (χ3n) is 5.59. The van der Waals surface area contributed by atoms with Crippen LogP contribution in [-0.4, -0.2) is 27.1 Å². The topological polar surface area (TPSA) is 88.6 Å². The number of nitrogens with one attached hydrogen (secondary N) is 1. The summed E-state index contributed by atoms with van der Waals surface area (Å²) in [6.07, 6.45) is 5.04. The van der Waals surface area contributed by atoms with Gasteiger partial charge in [-0.05, 0) is 22.8 Å². The molecule has 0 radical (unpaired) electrons. The molecular formula is C26H18Cl2N6O. The Hall–Kier alpha value is -4.12. The van der Waals surface area contributed by atoms with Gasteiger partial charge in [0.1, 0.15) is 11.8 Å². The predicted octanol–water partition coefficient (Wildman–Crippen LogP) is 6.47. The lowest BCUT2D eigenvalue weighted by atomic mass is 10.0. The van der Waals surface area contributed by atoms with E-state index in [0.29, 0.717) is 39.3 Å². The maximum Gasteiger partial charge on any atom is 0.122 e. The average molecular weight is 501 g/mol. The second-order valence-corrected chi connectivity index (χ2v) is 8.57. The molecule has 172 valence electrons. The van der Waals surface area contributed by atoms with Gasteiger partial charge in [0.25, 0.3) is 0 Å². The molecule has 35 heavy (non-hydrogen) atoms. The zero-order chi connectivity index (χ0) is 24.4. The molecule has 5 aromatic rings. The fraction of sp³-hybridized carbons (Fsp3) is 0.0769. The van der Waals surface area contributed by atoms with Crippen molar-refractivity contribution in [3.05, 3.63) is 94.4 Å². The second-order valence-electron chi connectivity index (χ2n) is 7.78. The van der Waals surface area contributed by atoms with Crippen molar-refractivity contribution in [2.75, 3.05) is 12.4 Å². The summed E-state index contributed by atoms with van der Waals surface area (Å²) < 4.78 is 7.08. The Morgan fingerprint density at radius 3 is 2.57 bits per heavy atom. The van der Waals surface area contributed by atoms with E-state index in [4.69, 9.17) is 27.9 Å². The third-order valence-corrected chi connectivity index (χ3v) is 6.39. The molecule has 0 atom stereocenters. The number of fused-ring (bicyclic) bond motifs is 1. The van der Waals surface area contributed by atoms with Crippen molar-refractivity contribution in [2.45, 2.75) is 6.54 Å². The maximum absolute atomic E-state index is 9.71. The standard InChI is InChI=1S/C26H18Cl2N6O/c1-35-20-11-22(27)25(28)24(12-20)32-26-19(13-29)14-30-23-10-18(6-7-21(23)26)17-4-2-16(3-5-17)15-34-9-8-31-33-34/h2-12,14H,15H2,1H3,(H,30,32). The number of ether oxygens (including phenoxy) is 1. The molecule has 3 aromatic carbocycles. The van der Waals surface area contributed by atoms with Crippen molar-refractivity contribution in [3.63, 3.8) is 0 Å². The highest BCUT2D eigenvalue weighted by Gasteiger charge is 2.14. The fourth-order valence-corrected chi connectivity index (χ4v) is 4.17. The number of aromatic nitrogens is 4. The smallest absolute Gasteiger partial charge is 0.122 e. The van der Waals surface area contributed by atoms with E-state index in [2.05, 4.69) is 50.9 Å². The predicted molar refractivity (Wildman–Crippen MR) is 137 cm³/mol. The summed E-state index contributed by atoms with van der Waals surface area (Å²) in [5.41, 5.74) is 5.44. The number of rotatable bonds is 6. The van der Waals surface area contributed by atoms with E-state index in [1.165, 1.54) is 0 Å². The molecule has 0 unspecified atom stereocenters. The zero-order valence-corrected chi connectivity index (χ0v) is 20.0. The van der Waals surface area contributed by atoms with Gasteiger partial charge in [-0.15, -0.1) is 5.10 Å². The van der Waals surface area contributed by atoms with E-state index in [0.717, 1.165) is 27.6 Å². The number of halogens is 2. The van der Waals surface area contributed by atoms with Gasteiger partial charge in [0.2, 0.25) is 0 Å². The molecule has 7 nitrogen and oxygen atoms in total. The Balaban J connectivity index is 1.50. The molecule has 0 amide bonds. The second kappa shape index (κ2) is 9.63. The van der Waals surface area contributed by atoms with Crippen molar-refractivity contribution >= 4 is 45.5 Å². The van der Waals surface area contributed by atoms with Crippen molar-refractivity contribution in [1.29, 1.82) is 5.26 Å². The van der Waals surface area contributed by atoms with Gasteiger partial charge in [0.05, 0.1) is 52.4 Å². The first kappa shape index (κ1) is 22.7. The molecule has 2 aromatic heterocycles. The summed E-state index contributed by atoms with van der Waals surface area (Å²) in [4.78, 5) is 4.52. The Kier molecular flexibility index (Phi) is 6.23. The van der Waals surface area contributed by atoms with Gasteiger partial charge in [-0.25, -0.2) is 4.68 Å². The van der Waals surface area contributed by atoms with Crippen LogP contribution in [0, 0.1) is 11.3 Å². The zero-order valence-electron chi connectivity index (χ0n) is 18.5. The maximum atomic E-state index is 9.71. The molecule has 2 heterocycles. The quantitative estimate of drug-likeness (QED) is 0.287. The van der Waals surface area contributed by atoms with E-state index in [-0.39, 0.29) is 0 Å². The molecule has 0 spiro atoms. The average Bonchev–Trinajstić information content (AvgIpc) is 3.40. The summed E-state index contributed by atoms with van der Waals surface area (Å²) in [7, 11) is 1.55. The van der Waals surface area contributed by atoms with Crippen LogP contribution in [0.3, 0.4) is 0 Å². The molecular weight excluding hydrogens is 483 g/mol. The van der Waals surface area contributed by atoms with Gasteiger partial charge in [-0.3, -0.25) is 4.98 Å². The van der Waals surface area contributed by atoms with Gasteiger partial charge in [0, 0.05) is 29.9 Å². The highest BCUT2D eigenvalue weighted by atomic mass is 35.5. The Labute approximate surface area is 211 Å². The van der Waals surface area contributed by atoms with Gasteiger partial charge in [-0.2, -0.15) is 5.26 Å². The summed E-state index contributed by atoms with van der Waals surface area (Å²) in [6, 6.07) is 19.8. The van der Waals surface area contributed by atoms with Crippen molar-refractivity contribution in [2.24, 2.45) is 0 Å². The number of anilines is 2. The molecule has 1 N–H and O–H groups in total. The van der Waals surface area contributed by atoms with Crippen LogP contribution in [0.5, 0.6) is 5.75 Å². The summed E-state index contributed by atoms with van der Waals surface area (Å²) in [5.74, 6) is 0.549. The minimum absolute atomic E-state index is 0.337. The normalized spacial score (nSPS) is 10.8. The highest BCUT2D eigenvalue weighted by molar-refractivity contribution is 6.44. The number of hydrogen-bond acceptors (Lipinski definition) is 6. The van der Waals surface area contributed by atoms with Crippen LogP contribution in [0.4, 0.5) is 11.4 Å². The number of methoxy groups -OCH3 is 1. The van der Waals surface area contributed by atoms with Gasteiger partial charge >= 0.3 is 0 Å². The van der Waals surface area contributed by atoms with E-state index in [1.807, 2.05) is 24.4 Å².